The minimum absolute atomic E-state index is 0.0356. The SMILES string of the molecule is CCCCCCC/C=C\C/C=C\CCCCCCCCCCCCCCCCCCCC(=O)OC(COC(=O)CCCCCCCCCCCCCCCCCCCCCCCCCCCCCCCCCCCCCCCC)COP(=O)(O)OCC[N+](C)(C)C. The number of hydrogen-bond donors (Lipinski definition) is 1. The van der Waals surface area contributed by atoms with E-state index in [1.165, 1.54) is 360 Å². The highest BCUT2D eigenvalue weighted by Gasteiger charge is 2.27. The van der Waals surface area contributed by atoms with Gasteiger partial charge < -0.3 is 18.9 Å². The molecule has 0 amide bonds. The molecule has 0 aliphatic carbocycles. The maximum atomic E-state index is 12.9. The lowest BCUT2D eigenvalue weighted by Gasteiger charge is -2.24. The number of phosphoric ester groups is 1. The van der Waals surface area contributed by atoms with Gasteiger partial charge in [0, 0.05) is 12.8 Å². The van der Waals surface area contributed by atoms with Crippen LogP contribution >= 0.6 is 7.82 Å². The summed E-state index contributed by atoms with van der Waals surface area (Å²) in [7, 11) is 1.50. The van der Waals surface area contributed by atoms with Gasteiger partial charge in [0.25, 0.3) is 0 Å². The summed E-state index contributed by atoms with van der Waals surface area (Å²) < 4.78 is 34.8. The maximum Gasteiger partial charge on any atom is 0.472 e. The predicted molar refractivity (Wildman–Crippen MR) is 395 cm³/mol. The van der Waals surface area contributed by atoms with E-state index in [9.17, 15) is 19.0 Å². The molecule has 0 radical (unpaired) electrons. The molecule has 0 fully saturated rings. The van der Waals surface area contributed by atoms with Gasteiger partial charge in [-0.2, -0.15) is 0 Å². The van der Waals surface area contributed by atoms with E-state index in [1.54, 1.807) is 0 Å². The second-order valence-corrected chi connectivity index (χ2v) is 30.6. The number of phosphoric acid groups is 1. The van der Waals surface area contributed by atoms with Crippen LogP contribution in [-0.4, -0.2) is 74.9 Å². The average molecular weight is 1310 g/mol. The van der Waals surface area contributed by atoms with Crippen molar-refractivity contribution in [2.75, 3.05) is 47.5 Å². The zero-order valence-electron chi connectivity index (χ0n) is 61.9. The molecule has 0 aromatic rings. The molecule has 0 rings (SSSR count). The molecule has 0 spiro atoms. The molecule has 540 valence electrons. The van der Waals surface area contributed by atoms with Crippen LogP contribution in [0, 0.1) is 0 Å². The van der Waals surface area contributed by atoms with Crippen molar-refractivity contribution >= 4 is 19.8 Å². The van der Waals surface area contributed by atoms with Crippen LogP contribution in [0.3, 0.4) is 0 Å². The van der Waals surface area contributed by atoms with E-state index in [0.29, 0.717) is 23.9 Å². The minimum atomic E-state index is -4.39. The van der Waals surface area contributed by atoms with Crippen molar-refractivity contribution in [2.45, 2.75) is 437 Å². The van der Waals surface area contributed by atoms with Crippen LogP contribution in [-0.2, 0) is 32.7 Å². The van der Waals surface area contributed by atoms with Gasteiger partial charge in [0.15, 0.2) is 6.10 Å². The summed E-state index contributed by atoms with van der Waals surface area (Å²) in [6.45, 7) is 4.51. The Bertz CT molecular complexity index is 1580. The Labute approximate surface area is 568 Å². The zero-order valence-corrected chi connectivity index (χ0v) is 62.8. The van der Waals surface area contributed by atoms with Crippen LogP contribution in [0.5, 0.6) is 0 Å². The molecular weight excluding hydrogens is 1150 g/mol. The molecule has 0 aromatic carbocycles. The first-order valence-electron chi connectivity index (χ1n) is 40.6. The molecule has 0 aliphatic heterocycles. The van der Waals surface area contributed by atoms with Crippen molar-refractivity contribution in [2.24, 2.45) is 0 Å². The fraction of sp³-hybridized carbons (Fsp3) is 0.926. The van der Waals surface area contributed by atoms with Gasteiger partial charge in [0.05, 0.1) is 27.7 Å². The number of quaternary nitrogens is 1. The molecule has 0 aromatic heterocycles. The quantitative estimate of drug-likeness (QED) is 0.0211. The lowest BCUT2D eigenvalue weighted by molar-refractivity contribution is -0.870. The summed E-state index contributed by atoms with van der Waals surface area (Å²) in [5.41, 5.74) is 0. The highest BCUT2D eigenvalue weighted by atomic mass is 31.2. The number of unbranched alkanes of at least 4 members (excludes halogenated alkanes) is 59. The molecule has 10 heteroatoms. The number of carbonyl (C=O) groups excluding carboxylic acids is 2. The fourth-order valence-electron chi connectivity index (χ4n) is 12.5. The zero-order chi connectivity index (χ0) is 66.2. The second kappa shape index (κ2) is 72.8. The first kappa shape index (κ1) is 89.5. The van der Waals surface area contributed by atoms with Crippen molar-refractivity contribution < 1.29 is 42.1 Å². The maximum absolute atomic E-state index is 12.9. The van der Waals surface area contributed by atoms with Crippen molar-refractivity contribution in [1.29, 1.82) is 0 Å². The third-order valence-corrected chi connectivity index (χ3v) is 19.7. The first-order chi connectivity index (χ1) is 44.5. The third kappa shape index (κ3) is 77.4. The number of ether oxygens (including phenoxy) is 2. The lowest BCUT2D eigenvalue weighted by Crippen LogP contribution is -2.37. The molecule has 0 bridgehead atoms. The van der Waals surface area contributed by atoms with E-state index < -0.39 is 26.5 Å². The van der Waals surface area contributed by atoms with Gasteiger partial charge in [0.2, 0.25) is 0 Å². The van der Waals surface area contributed by atoms with E-state index in [4.69, 9.17) is 18.5 Å². The summed E-state index contributed by atoms with van der Waals surface area (Å²) in [6, 6.07) is 0. The summed E-state index contributed by atoms with van der Waals surface area (Å²) in [5.74, 6) is -0.770. The fourth-order valence-corrected chi connectivity index (χ4v) is 13.3. The van der Waals surface area contributed by atoms with Crippen molar-refractivity contribution in [3.8, 4) is 0 Å². The highest BCUT2D eigenvalue weighted by molar-refractivity contribution is 7.47. The lowest BCUT2D eigenvalue weighted by atomic mass is 10.0. The molecule has 0 heterocycles. The van der Waals surface area contributed by atoms with Gasteiger partial charge in [-0.25, -0.2) is 4.57 Å². The Hall–Kier alpha value is -1.51. The smallest absolute Gasteiger partial charge is 0.462 e. The predicted octanol–water partition coefficient (Wildman–Crippen LogP) is 26.8. The van der Waals surface area contributed by atoms with Crippen LogP contribution in [0.4, 0.5) is 0 Å². The van der Waals surface area contributed by atoms with E-state index >= 15 is 0 Å². The van der Waals surface area contributed by atoms with E-state index in [0.717, 1.165) is 38.5 Å². The van der Waals surface area contributed by atoms with E-state index in [-0.39, 0.29) is 25.6 Å². The average Bonchev–Trinajstić information content (AvgIpc) is 3.74. The largest absolute Gasteiger partial charge is 0.472 e. The normalized spacial score (nSPS) is 13.1. The Morgan fingerprint density at radius 2 is 0.593 bits per heavy atom. The Balaban J connectivity index is 3.88. The van der Waals surface area contributed by atoms with Crippen molar-refractivity contribution in [1.82, 2.24) is 0 Å². The molecule has 0 saturated carbocycles. The number of rotatable bonds is 77. The second-order valence-electron chi connectivity index (χ2n) is 29.2. The molecule has 0 aliphatic rings. The molecule has 2 atom stereocenters. The van der Waals surface area contributed by atoms with Gasteiger partial charge >= 0.3 is 19.8 Å². The van der Waals surface area contributed by atoms with Crippen molar-refractivity contribution in [3.05, 3.63) is 24.3 Å². The van der Waals surface area contributed by atoms with Gasteiger partial charge in [-0.05, 0) is 44.9 Å². The molecule has 2 unspecified atom stereocenters. The summed E-state index contributed by atoms with van der Waals surface area (Å²) >= 11 is 0. The number of allylic oxidation sites excluding steroid dienone is 4. The number of likely N-dealkylation sites (N-methyl/N-ethyl adjacent to an activating group) is 1. The van der Waals surface area contributed by atoms with Gasteiger partial charge in [-0.3, -0.25) is 18.6 Å². The summed E-state index contributed by atoms with van der Waals surface area (Å²) in [5, 5.41) is 0. The van der Waals surface area contributed by atoms with E-state index in [1.807, 2.05) is 21.1 Å². The number of esters is 2. The molecular formula is C81H159NO8P+. The highest BCUT2D eigenvalue weighted by Crippen LogP contribution is 2.43. The molecule has 9 nitrogen and oxygen atoms in total. The molecule has 1 N–H and O–H groups in total. The van der Waals surface area contributed by atoms with Crippen LogP contribution in [0.15, 0.2) is 24.3 Å². The number of carbonyl (C=O) groups is 2. The topological polar surface area (TPSA) is 108 Å². The van der Waals surface area contributed by atoms with Gasteiger partial charge in [-0.1, -0.05) is 398 Å². The van der Waals surface area contributed by atoms with E-state index in [2.05, 4.69) is 38.2 Å². The monoisotopic (exact) mass is 1310 g/mol. The van der Waals surface area contributed by atoms with Crippen LogP contribution in [0.1, 0.15) is 431 Å². The number of hydrogen-bond acceptors (Lipinski definition) is 7. The Morgan fingerprint density at radius 3 is 0.868 bits per heavy atom. The molecule has 0 saturated heterocycles. The summed E-state index contributed by atoms with van der Waals surface area (Å²) in [4.78, 5) is 36.0. The van der Waals surface area contributed by atoms with Gasteiger partial charge in [-0.15, -0.1) is 0 Å². The standard InChI is InChI=1S/C81H158NO8P/c1-6-8-10-12-14-16-18-20-22-24-26-28-30-32-34-36-37-38-39-40-41-42-43-44-46-47-49-51-53-55-57-59-61-63-65-67-69-71-73-80(83)87-77-79(78-89-91(85,86)88-76-75-82(3,4)5)90-81(84)74-72-70-68-66-64-62-60-58-56-54-52-50-48-45-35-33-31-29-27-25-23-21-19-17-15-13-11-9-7-2/h19,21,25,27,79H,6-18,20,22-24,26,28-78H2,1-5H3/p+1/b21-19-,27-25-. The Kier molecular flexibility index (Phi) is 71.5. The minimum Gasteiger partial charge on any atom is -0.462 e. The summed E-state index contributed by atoms with van der Waals surface area (Å²) in [6.07, 6.45) is 93.4. The molecule has 91 heavy (non-hydrogen) atoms. The van der Waals surface area contributed by atoms with Crippen LogP contribution < -0.4 is 0 Å². The van der Waals surface area contributed by atoms with Crippen LogP contribution in [0.25, 0.3) is 0 Å². The first-order valence-corrected chi connectivity index (χ1v) is 42.1. The third-order valence-electron chi connectivity index (χ3n) is 18.7. The van der Waals surface area contributed by atoms with Gasteiger partial charge in [0.1, 0.15) is 19.8 Å². The van der Waals surface area contributed by atoms with Crippen LogP contribution in [0.2, 0.25) is 0 Å². The Morgan fingerprint density at radius 1 is 0.341 bits per heavy atom. The van der Waals surface area contributed by atoms with Crippen molar-refractivity contribution in [3.63, 3.8) is 0 Å². The number of nitrogens with zero attached hydrogens (tertiary/aromatic N) is 1.